The van der Waals surface area contributed by atoms with Crippen LogP contribution in [0.25, 0.3) is 0 Å². The summed E-state index contributed by atoms with van der Waals surface area (Å²) in [6, 6.07) is -0.808. The first-order valence-electron chi connectivity index (χ1n) is 19.1. The lowest BCUT2D eigenvalue weighted by molar-refractivity contribution is -0.318. The molecule has 0 aromatic carbocycles. The van der Waals surface area contributed by atoms with Crippen LogP contribution in [0.5, 0.6) is 0 Å². The molecule has 5 N–H and O–H groups in total. The second-order valence-electron chi connectivity index (χ2n) is 17.2. The van der Waals surface area contributed by atoms with Gasteiger partial charge in [0.2, 0.25) is 0 Å². The van der Waals surface area contributed by atoms with Gasteiger partial charge in [0.25, 0.3) is 0 Å². The maximum Gasteiger partial charge on any atom is 0.311 e. The van der Waals surface area contributed by atoms with Crippen LogP contribution in [0.2, 0.25) is 0 Å². The Bertz CT molecular complexity index is 1140. The molecule has 0 spiro atoms. The van der Waals surface area contributed by atoms with E-state index in [2.05, 4.69) is 0 Å². The smallest absolute Gasteiger partial charge is 0.311 e. The standard InChI is InChI=1S/C38H72N2O12/c1-15-27-38(10,46)31(42)24(6)40(13)19-20(2)17-36(8,45)33(52-35-29(41)26(39(11)12)16-21(3)48-35)22(4)30(23(5)34(44)50-27)51-28-18-37(9,47-14)32(43)25(7)49-28/h20-33,35,41-43,45-46H,15-19H2,1-14H3/t20-,21-,22+,23-,24-,25+,26+,27-,28+,29-,30+,31-,32+,33-,35?,36?,37?,38-/m1/s1. The van der Waals surface area contributed by atoms with Crippen LogP contribution in [0.15, 0.2) is 0 Å². The van der Waals surface area contributed by atoms with E-state index in [1.165, 1.54) is 14.0 Å². The molecule has 0 saturated carbocycles. The van der Waals surface area contributed by atoms with E-state index in [1.807, 2.05) is 51.7 Å². The van der Waals surface area contributed by atoms with E-state index in [9.17, 15) is 30.3 Å². The number of ether oxygens (including phenoxy) is 6. The normalized spacial score (nSPS) is 49.6. The summed E-state index contributed by atoms with van der Waals surface area (Å²) in [4.78, 5) is 18.0. The van der Waals surface area contributed by atoms with Crippen molar-refractivity contribution in [3.8, 4) is 0 Å². The zero-order valence-electron chi connectivity index (χ0n) is 34.2. The van der Waals surface area contributed by atoms with E-state index in [1.54, 1.807) is 41.5 Å². The van der Waals surface area contributed by atoms with Crippen LogP contribution in [-0.4, -0.2) is 166 Å². The number of nitrogens with zero attached hydrogens (tertiary/aromatic N) is 2. The van der Waals surface area contributed by atoms with Crippen LogP contribution in [0.1, 0.15) is 94.9 Å². The second-order valence-corrected chi connectivity index (χ2v) is 17.2. The summed E-state index contributed by atoms with van der Waals surface area (Å²) >= 11 is 0. The van der Waals surface area contributed by atoms with Gasteiger partial charge < -0.3 is 63.8 Å². The molecule has 0 aromatic heterocycles. The van der Waals surface area contributed by atoms with Gasteiger partial charge in [-0.15, -0.1) is 0 Å². The number of aliphatic hydroxyl groups is 5. The highest BCUT2D eigenvalue weighted by Gasteiger charge is 2.52. The van der Waals surface area contributed by atoms with E-state index >= 15 is 0 Å². The number of aliphatic hydroxyl groups excluding tert-OH is 3. The molecule has 0 radical (unpaired) electrons. The fourth-order valence-electron chi connectivity index (χ4n) is 8.74. The van der Waals surface area contributed by atoms with Crippen molar-refractivity contribution in [3.05, 3.63) is 0 Å². The number of likely N-dealkylation sites (N-methyl/N-ethyl adjacent to an activating group) is 2. The summed E-state index contributed by atoms with van der Waals surface area (Å²) in [6.45, 7) is 18.0. The van der Waals surface area contributed by atoms with E-state index in [4.69, 9.17) is 28.4 Å². The molecule has 14 heteroatoms. The van der Waals surface area contributed by atoms with Gasteiger partial charge in [-0.2, -0.15) is 0 Å². The quantitative estimate of drug-likeness (QED) is 0.238. The number of cyclic esters (lactones) is 1. The topological polar surface area (TPSA) is 180 Å². The second kappa shape index (κ2) is 17.8. The first-order valence-corrected chi connectivity index (χ1v) is 19.1. The summed E-state index contributed by atoms with van der Waals surface area (Å²) < 4.78 is 37.5. The van der Waals surface area contributed by atoms with Gasteiger partial charge in [0.15, 0.2) is 12.6 Å². The summed E-state index contributed by atoms with van der Waals surface area (Å²) in [6.07, 6.45) is -8.19. The Kier molecular flexibility index (Phi) is 15.6. The van der Waals surface area contributed by atoms with Crippen molar-refractivity contribution < 1.29 is 58.7 Å². The third-order valence-electron chi connectivity index (χ3n) is 12.2. The Balaban J connectivity index is 2.17. The number of carbonyl (C=O) groups is 1. The molecule has 52 heavy (non-hydrogen) atoms. The highest BCUT2D eigenvalue weighted by atomic mass is 16.7. The van der Waals surface area contributed by atoms with Crippen LogP contribution >= 0.6 is 0 Å². The molecule has 14 nitrogen and oxygen atoms in total. The molecule has 3 saturated heterocycles. The Morgan fingerprint density at radius 3 is 2.12 bits per heavy atom. The molecule has 3 rings (SSSR count). The third-order valence-corrected chi connectivity index (χ3v) is 12.2. The van der Waals surface area contributed by atoms with Crippen LogP contribution < -0.4 is 0 Å². The van der Waals surface area contributed by atoms with E-state index in [0.717, 1.165) is 0 Å². The molecule has 3 unspecified atom stereocenters. The lowest BCUT2D eigenvalue weighted by Crippen LogP contribution is -2.60. The van der Waals surface area contributed by atoms with Gasteiger partial charge in [0.05, 0.1) is 41.5 Å². The van der Waals surface area contributed by atoms with E-state index in [0.29, 0.717) is 13.0 Å². The monoisotopic (exact) mass is 749 g/mol. The van der Waals surface area contributed by atoms with Crippen molar-refractivity contribution in [1.29, 1.82) is 0 Å². The van der Waals surface area contributed by atoms with Gasteiger partial charge in [-0.25, -0.2) is 0 Å². The third kappa shape index (κ3) is 10.0. The molecule has 3 aliphatic rings. The fourth-order valence-corrected chi connectivity index (χ4v) is 8.74. The van der Waals surface area contributed by atoms with Gasteiger partial charge in [0, 0.05) is 38.1 Å². The number of esters is 1. The molecule has 0 bridgehead atoms. The Morgan fingerprint density at radius 1 is 0.942 bits per heavy atom. The highest BCUT2D eigenvalue weighted by molar-refractivity contribution is 5.73. The van der Waals surface area contributed by atoms with Crippen LogP contribution in [-0.2, 0) is 33.2 Å². The molecule has 306 valence electrons. The Morgan fingerprint density at radius 2 is 1.56 bits per heavy atom. The lowest BCUT2D eigenvalue weighted by Gasteiger charge is -2.48. The maximum atomic E-state index is 14.2. The van der Waals surface area contributed by atoms with Gasteiger partial charge in [0.1, 0.15) is 30.0 Å². The van der Waals surface area contributed by atoms with Gasteiger partial charge in [-0.1, -0.05) is 20.8 Å². The molecular weight excluding hydrogens is 676 g/mol. The molecule has 18 atom stereocenters. The van der Waals surface area contributed by atoms with E-state index in [-0.39, 0.29) is 37.3 Å². The van der Waals surface area contributed by atoms with Crippen molar-refractivity contribution in [1.82, 2.24) is 9.80 Å². The van der Waals surface area contributed by atoms with Crippen molar-refractivity contribution in [2.45, 2.75) is 185 Å². The van der Waals surface area contributed by atoms with Gasteiger partial charge in [-0.05, 0) is 94.8 Å². The predicted octanol–water partition coefficient (Wildman–Crippen LogP) is 1.90. The average molecular weight is 749 g/mol. The largest absolute Gasteiger partial charge is 0.459 e. The predicted molar refractivity (Wildman–Crippen MR) is 194 cm³/mol. The minimum atomic E-state index is -1.80. The SMILES string of the molecule is CC[C@H]1OC(=O)[C@H](C)[C@@H](O[C@H]2CC(C)(OC)[C@@H](O)[C@H](C)O2)[C@H](C)[C@@H](OC2O[C@H](C)C[C@H](N(C)C)[C@H]2O)C(C)(O)C[C@@H](C)CN(C)[C@H](C)[C@@H](O)[C@]1(C)O. The minimum Gasteiger partial charge on any atom is -0.459 e. The van der Waals surface area contributed by atoms with Gasteiger partial charge in [-0.3, -0.25) is 4.79 Å². The van der Waals surface area contributed by atoms with Crippen LogP contribution in [0, 0.1) is 17.8 Å². The number of rotatable bonds is 7. The highest BCUT2D eigenvalue weighted by Crippen LogP contribution is 2.40. The molecule has 3 heterocycles. The maximum absolute atomic E-state index is 14.2. The number of hydrogen-bond acceptors (Lipinski definition) is 14. The number of carbonyl (C=O) groups excluding carboxylic acids is 1. The van der Waals surface area contributed by atoms with Crippen molar-refractivity contribution in [2.24, 2.45) is 17.8 Å². The minimum absolute atomic E-state index is 0.133. The van der Waals surface area contributed by atoms with Crippen LogP contribution in [0.3, 0.4) is 0 Å². The molecule has 0 amide bonds. The summed E-state index contributed by atoms with van der Waals surface area (Å²) in [5.41, 5.74) is -4.37. The summed E-state index contributed by atoms with van der Waals surface area (Å²) in [5, 5.41) is 58.1. The van der Waals surface area contributed by atoms with Crippen LogP contribution in [0.4, 0.5) is 0 Å². The van der Waals surface area contributed by atoms with Crippen molar-refractivity contribution in [3.63, 3.8) is 0 Å². The molecule has 0 aliphatic carbocycles. The number of methoxy groups -OCH3 is 1. The Labute approximate surface area is 312 Å². The molecular formula is C38H72N2O12. The first-order chi connectivity index (χ1) is 23.9. The zero-order valence-corrected chi connectivity index (χ0v) is 34.2. The molecule has 0 aromatic rings. The molecule has 3 aliphatic heterocycles. The van der Waals surface area contributed by atoms with Crippen molar-refractivity contribution in [2.75, 3.05) is 34.8 Å². The Hall–Kier alpha value is -1.01. The zero-order chi connectivity index (χ0) is 39.7. The van der Waals surface area contributed by atoms with E-state index < -0.39 is 96.0 Å². The van der Waals surface area contributed by atoms with Gasteiger partial charge >= 0.3 is 5.97 Å². The summed E-state index contributed by atoms with van der Waals surface area (Å²) in [5.74, 6) is -2.58. The summed E-state index contributed by atoms with van der Waals surface area (Å²) in [7, 11) is 7.12. The number of hydrogen-bond donors (Lipinski definition) is 5. The first kappa shape index (κ1) is 45.4. The lowest BCUT2D eigenvalue weighted by atomic mass is 9.77. The average Bonchev–Trinajstić information content (AvgIpc) is 3.05. The molecule has 3 fully saturated rings. The fraction of sp³-hybridized carbons (Fsp3) is 0.974. The van der Waals surface area contributed by atoms with Crippen molar-refractivity contribution >= 4 is 5.97 Å².